The molecule has 2 heterocycles. The first-order valence-electron chi connectivity index (χ1n) is 7.19. The van der Waals surface area contributed by atoms with E-state index >= 15 is 0 Å². The van der Waals surface area contributed by atoms with Gasteiger partial charge in [0.2, 0.25) is 5.91 Å². The summed E-state index contributed by atoms with van der Waals surface area (Å²) in [6.07, 6.45) is 1.69. The van der Waals surface area contributed by atoms with Crippen LogP contribution in [0.4, 0.5) is 0 Å². The maximum absolute atomic E-state index is 12.1. The molecule has 0 unspecified atom stereocenters. The summed E-state index contributed by atoms with van der Waals surface area (Å²) in [5.74, 6) is 0.0150. The quantitative estimate of drug-likeness (QED) is 0.831. The highest BCUT2D eigenvalue weighted by Gasteiger charge is 2.27. The number of aryl methyl sites for hydroxylation is 2. The van der Waals surface area contributed by atoms with Crippen molar-refractivity contribution >= 4 is 42.1 Å². The van der Waals surface area contributed by atoms with Gasteiger partial charge in [-0.15, -0.1) is 36.2 Å². The summed E-state index contributed by atoms with van der Waals surface area (Å²) >= 11 is 1.72. The van der Waals surface area contributed by atoms with Gasteiger partial charge in [-0.1, -0.05) is 6.92 Å². The number of ether oxygens (including phenoxy) is 1. The summed E-state index contributed by atoms with van der Waals surface area (Å²) in [5.41, 5.74) is 1.17. The number of amides is 1. The SMILES string of the molecule is CCc1nc(CCNC(=O)[C@H]2NCCO[C@@H]2C)sc1C.Cl.Cl. The van der Waals surface area contributed by atoms with Crippen molar-refractivity contribution in [3.63, 3.8) is 0 Å². The topological polar surface area (TPSA) is 63.2 Å². The lowest BCUT2D eigenvalue weighted by Crippen LogP contribution is -2.55. The molecule has 1 aliphatic heterocycles. The molecule has 5 nitrogen and oxygen atoms in total. The molecular weight excluding hydrogens is 345 g/mol. The second kappa shape index (κ2) is 10.4. The van der Waals surface area contributed by atoms with Crippen LogP contribution in [0.3, 0.4) is 0 Å². The molecule has 8 heteroatoms. The molecule has 22 heavy (non-hydrogen) atoms. The summed E-state index contributed by atoms with van der Waals surface area (Å²) in [5, 5.41) is 7.25. The van der Waals surface area contributed by atoms with E-state index in [1.165, 1.54) is 10.6 Å². The van der Waals surface area contributed by atoms with E-state index in [-0.39, 0.29) is 42.9 Å². The van der Waals surface area contributed by atoms with E-state index in [9.17, 15) is 4.79 Å². The number of morpholine rings is 1. The average molecular weight is 370 g/mol. The number of halogens is 2. The predicted molar refractivity (Wildman–Crippen MR) is 94.6 cm³/mol. The lowest BCUT2D eigenvalue weighted by atomic mass is 10.1. The first-order chi connectivity index (χ1) is 9.61. The highest BCUT2D eigenvalue weighted by molar-refractivity contribution is 7.11. The summed E-state index contributed by atoms with van der Waals surface area (Å²) in [7, 11) is 0. The van der Waals surface area contributed by atoms with E-state index in [2.05, 4.69) is 29.5 Å². The molecule has 1 aromatic rings. The summed E-state index contributed by atoms with van der Waals surface area (Å²) in [6, 6.07) is -0.243. The fourth-order valence-electron chi connectivity index (χ4n) is 2.35. The molecule has 1 fully saturated rings. The van der Waals surface area contributed by atoms with Crippen LogP contribution >= 0.6 is 36.2 Å². The maximum Gasteiger partial charge on any atom is 0.239 e. The van der Waals surface area contributed by atoms with Crippen LogP contribution in [0.15, 0.2) is 0 Å². The van der Waals surface area contributed by atoms with Gasteiger partial charge < -0.3 is 15.4 Å². The Balaban J connectivity index is 0.00000220. The van der Waals surface area contributed by atoms with E-state index in [0.29, 0.717) is 13.2 Å². The van der Waals surface area contributed by atoms with Crippen LogP contribution in [0.5, 0.6) is 0 Å². The third-order valence-corrected chi connectivity index (χ3v) is 4.58. The van der Waals surface area contributed by atoms with Gasteiger partial charge in [-0.25, -0.2) is 4.98 Å². The van der Waals surface area contributed by atoms with Crippen molar-refractivity contribution in [1.29, 1.82) is 0 Å². The van der Waals surface area contributed by atoms with Gasteiger partial charge in [0.15, 0.2) is 0 Å². The van der Waals surface area contributed by atoms with Gasteiger partial charge in [-0.05, 0) is 20.3 Å². The molecule has 1 aliphatic rings. The van der Waals surface area contributed by atoms with Gasteiger partial charge >= 0.3 is 0 Å². The van der Waals surface area contributed by atoms with E-state index < -0.39 is 0 Å². The fourth-order valence-corrected chi connectivity index (χ4v) is 3.37. The van der Waals surface area contributed by atoms with Gasteiger partial charge in [0.1, 0.15) is 6.04 Å². The number of nitrogens with zero attached hydrogens (tertiary/aromatic N) is 1. The van der Waals surface area contributed by atoms with E-state index in [4.69, 9.17) is 4.74 Å². The minimum atomic E-state index is -0.243. The van der Waals surface area contributed by atoms with Crippen molar-refractivity contribution in [2.45, 2.75) is 45.8 Å². The molecule has 2 N–H and O–H groups in total. The first kappa shape index (κ1) is 21.6. The molecule has 2 atom stereocenters. The summed E-state index contributed by atoms with van der Waals surface area (Å²) in [6.45, 7) is 8.17. The summed E-state index contributed by atoms with van der Waals surface area (Å²) in [4.78, 5) is 17.9. The Morgan fingerprint density at radius 1 is 1.50 bits per heavy atom. The Hall–Kier alpha value is -0.400. The fraction of sp³-hybridized carbons (Fsp3) is 0.714. The van der Waals surface area contributed by atoms with Crippen molar-refractivity contribution in [1.82, 2.24) is 15.6 Å². The van der Waals surface area contributed by atoms with Crippen molar-refractivity contribution in [2.75, 3.05) is 19.7 Å². The Kier molecular flexibility index (Phi) is 10.2. The number of hydrogen-bond donors (Lipinski definition) is 2. The van der Waals surface area contributed by atoms with Crippen LogP contribution < -0.4 is 10.6 Å². The summed E-state index contributed by atoms with van der Waals surface area (Å²) < 4.78 is 5.48. The van der Waals surface area contributed by atoms with Crippen molar-refractivity contribution < 1.29 is 9.53 Å². The molecule has 0 aliphatic carbocycles. The zero-order chi connectivity index (χ0) is 14.5. The third kappa shape index (κ3) is 5.66. The minimum Gasteiger partial charge on any atom is -0.375 e. The van der Waals surface area contributed by atoms with Crippen LogP contribution in [-0.4, -0.2) is 42.7 Å². The second-order valence-corrected chi connectivity index (χ2v) is 6.30. The molecule has 1 aromatic heterocycles. The van der Waals surface area contributed by atoms with Crippen molar-refractivity contribution in [3.8, 4) is 0 Å². The van der Waals surface area contributed by atoms with Gasteiger partial charge in [0.05, 0.1) is 23.4 Å². The first-order valence-corrected chi connectivity index (χ1v) is 8.01. The third-order valence-electron chi connectivity index (χ3n) is 3.51. The highest BCUT2D eigenvalue weighted by Crippen LogP contribution is 2.18. The zero-order valence-electron chi connectivity index (χ0n) is 13.2. The van der Waals surface area contributed by atoms with Crippen molar-refractivity contribution in [3.05, 3.63) is 15.6 Å². The van der Waals surface area contributed by atoms with Gasteiger partial charge in [0, 0.05) is 24.4 Å². The molecule has 0 spiro atoms. The average Bonchev–Trinajstić information content (AvgIpc) is 2.79. The van der Waals surface area contributed by atoms with E-state index in [0.717, 1.165) is 24.4 Å². The number of nitrogens with one attached hydrogen (secondary N) is 2. The van der Waals surface area contributed by atoms with E-state index in [1.807, 2.05) is 6.92 Å². The predicted octanol–water partition coefficient (Wildman–Crippen LogP) is 1.89. The molecule has 1 saturated heterocycles. The maximum atomic E-state index is 12.1. The Morgan fingerprint density at radius 2 is 2.23 bits per heavy atom. The Bertz CT molecular complexity index is 471. The minimum absolute atomic E-state index is 0. The number of carbonyl (C=O) groups is 1. The molecule has 1 amide bonds. The molecule has 0 bridgehead atoms. The van der Waals surface area contributed by atoms with E-state index in [1.54, 1.807) is 11.3 Å². The van der Waals surface area contributed by atoms with Crippen molar-refractivity contribution in [2.24, 2.45) is 0 Å². The van der Waals surface area contributed by atoms with Gasteiger partial charge in [-0.3, -0.25) is 4.79 Å². The number of aromatic nitrogens is 1. The lowest BCUT2D eigenvalue weighted by Gasteiger charge is -2.29. The standard InChI is InChI=1S/C14H23N3O2S.2ClH/c1-4-11-10(3)20-12(17-11)5-6-16-14(18)13-9(2)19-8-7-15-13;;/h9,13,15H,4-8H2,1-3H3,(H,16,18);2*1H/t9-,13+;;/m1../s1. The monoisotopic (exact) mass is 369 g/mol. The molecular formula is C14H25Cl2N3O2S. The molecule has 0 radical (unpaired) electrons. The Labute approximate surface area is 148 Å². The number of carbonyl (C=O) groups excluding carboxylic acids is 1. The number of thiazole rings is 1. The number of hydrogen-bond acceptors (Lipinski definition) is 5. The number of rotatable bonds is 5. The Morgan fingerprint density at radius 3 is 2.82 bits per heavy atom. The van der Waals surface area contributed by atoms with Crippen LogP contribution in [0.25, 0.3) is 0 Å². The van der Waals surface area contributed by atoms with Gasteiger partial charge in [-0.2, -0.15) is 0 Å². The molecule has 0 saturated carbocycles. The largest absolute Gasteiger partial charge is 0.375 e. The van der Waals surface area contributed by atoms with Crippen LogP contribution in [-0.2, 0) is 22.4 Å². The second-order valence-electron chi connectivity index (χ2n) is 5.01. The lowest BCUT2D eigenvalue weighted by molar-refractivity contribution is -0.128. The molecule has 128 valence electrons. The smallest absolute Gasteiger partial charge is 0.239 e. The van der Waals surface area contributed by atoms with Crippen LogP contribution in [0.1, 0.15) is 29.4 Å². The zero-order valence-corrected chi connectivity index (χ0v) is 15.6. The van der Waals surface area contributed by atoms with Crippen LogP contribution in [0, 0.1) is 6.92 Å². The molecule has 2 rings (SSSR count). The highest BCUT2D eigenvalue weighted by atomic mass is 35.5. The van der Waals surface area contributed by atoms with Crippen LogP contribution in [0.2, 0.25) is 0 Å². The normalized spacial score (nSPS) is 20.7. The molecule has 0 aromatic carbocycles. The van der Waals surface area contributed by atoms with Gasteiger partial charge in [0.25, 0.3) is 0 Å².